The van der Waals surface area contributed by atoms with Crippen LogP contribution in [0.5, 0.6) is 0 Å². The van der Waals surface area contributed by atoms with Crippen LogP contribution in [-0.2, 0) is 9.84 Å². The van der Waals surface area contributed by atoms with E-state index >= 15 is 0 Å². The Balaban J connectivity index is 2.42. The molecule has 0 aliphatic heterocycles. The summed E-state index contributed by atoms with van der Waals surface area (Å²) >= 11 is 3.35. The smallest absolute Gasteiger partial charge is 0.154 e. The van der Waals surface area contributed by atoms with Crippen LogP contribution in [0.1, 0.15) is 18.4 Å². The average molecular weight is 348 g/mol. The van der Waals surface area contributed by atoms with E-state index in [1.165, 1.54) is 0 Å². The molecule has 6 heteroatoms. The van der Waals surface area contributed by atoms with Gasteiger partial charge in [0.25, 0.3) is 0 Å². The zero-order valence-corrected chi connectivity index (χ0v) is 13.1. The molecule has 1 fully saturated rings. The normalized spacial score (nSPS) is 30.3. The van der Waals surface area contributed by atoms with Gasteiger partial charge in [-0.25, -0.2) is 8.42 Å². The molecule has 3 atom stereocenters. The number of hydrogen-bond acceptors (Lipinski definition) is 4. The third-order valence-electron chi connectivity index (χ3n) is 4.07. The fourth-order valence-corrected chi connectivity index (χ4v) is 5.29. The standard InChI is InChI=1S/C13H18BrNO3S/c1-2-19(17,18)12-11(13(12,7-15)8-16)9-3-5-10(14)6-4-9/h3-6,11-12,16H,2,7-8,15H2,1H3/t11-,12-,13-/m1/s1. The van der Waals surface area contributed by atoms with E-state index in [0.717, 1.165) is 10.0 Å². The molecule has 19 heavy (non-hydrogen) atoms. The van der Waals surface area contributed by atoms with Gasteiger partial charge in [0.15, 0.2) is 9.84 Å². The van der Waals surface area contributed by atoms with Gasteiger partial charge in [-0.15, -0.1) is 0 Å². The zero-order valence-electron chi connectivity index (χ0n) is 10.7. The summed E-state index contributed by atoms with van der Waals surface area (Å²) < 4.78 is 25.3. The van der Waals surface area contributed by atoms with Crippen LogP contribution in [0.15, 0.2) is 28.7 Å². The Bertz CT molecular complexity index is 552. The van der Waals surface area contributed by atoms with Crippen molar-refractivity contribution in [2.45, 2.75) is 18.1 Å². The highest BCUT2D eigenvalue weighted by atomic mass is 79.9. The van der Waals surface area contributed by atoms with Gasteiger partial charge in [-0.1, -0.05) is 35.0 Å². The predicted octanol–water partition coefficient (Wildman–Crippen LogP) is 1.29. The first-order valence-corrected chi connectivity index (χ1v) is 8.71. The maximum atomic E-state index is 12.2. The van der Waals surface area contributed by atoms with Crippen LogP contribution in [-0.4, -0.2) is 37.7 Å². The van der Waals surface area contributed by atoms with Crippen molar-refractivity contribution in [1.29, 1.82) is 0 Å². The topological polar surface area (TPSA) is 80.4 Å². The number of benzene rings is 1. The van der Waals surface area contributed by atoms with Crippen molar-refractivity contribution in [2.75, 3.05) is 18.9 Å². The van der Waals surface area contributed by atoms with Crippen LogP contribution in [0.2, 0.25) is 0 Å². The second kappa shape index (κ2) is 5.16. The number of halogens is 1. The monoisotopic (exact) mass is 347 g/mol. The number of sulfone groups is 1. The Kier molecular flexibility index (Phi) is 4.07. The van der Waals surface area contributed by atoms with Crippen molar-refractivity contribution in [1.82, 2.24) is 0 Å². The average Bonchev–Trinajstić information content (AvgIpc) is 3.10. The highest BCUT2D eigenvalue weighted by molar-refractivity contribution is 9.10. The van der Waals surface area contributed by atoms with E-state index in [-0.39, 0.29) is 24.8 Å². The van der Waals surface area contributed by atoms with Gasteiger partial charge in [-0.3, -0.25) is 0 Å². The number of aliphatic hydroxyl groups is 1. The minimum atomic E-state index is -3.22. The first kappa shape index (κ1) is 15.0. The third kappa shape index (κ3) is 2.35. The van der Waals surface area contributed by atoms with Gasteiger partial charge in [0, 0.05) is 28.1 Å². The van der Waals surface area contributed by atoms with E-state index in [1.54, 1.807) is 6.92 Å². The summed E-state index contributed by atoms with van der Waals surface area (Å²) in [5.41, 5.74) is 5.95. The Labute approximate surface area is 122 Å². The molecule has 106 valence electrons. The SMILES string of the molecule is CCS(=O)(=O)[C@@H]1[C@@H](c2ccc(Br)cc2)[C@@]1(CN)CO. The molecule has 0 unspecified atom stereocenters. The Morgan fingerprint density at radius 1 is 1.37 bits per heavy atom. The first-order chi connectivity index (χ1) is 8.93. The first-order valence-electron chi connectivity index (χ1n) is 6.21. The molecule has 0 amide bonds. The van der Waals surface area contributed by atoms with E-state index < -0.39 is 20.5 Å². The second-order valence-corrected chi connectivity index (χ2v) is 8.32. The van der Waals surface area contributed by atoms with Gasteiger partial charge < -0.3 is 10.8 Å². The van der Waals surface area contributed by atoms with E-state index in [1.807, 2.05) is 24.3 Å². The van der Waals surface area contributed by atoms with E-state index in [4.69, 9.17) is 5.73 Å². The molecule has 0 saturated heterocycles. The summed E-state index contributed by atoms with van der Waals surface area (Å²) in [5, 5.41) is 9.05. The lowest BCUT2D eigenvalue weighted by Gasteiger charge is -2.11. The molecule has 1 aliphatic rings. The quantitative estimate of drug-likeness (QED) is 0.840. The van der Waals surface area contributed by atoms with Gasteiger partial charge in [-0.05, 0) is 17.7 Å². The molecule has 1 aromatic rings. The van der Waals surface area contributed by atoms with Crippen LogP contribution in [0.3, 0.4) is 0 Å². The molecule has 3 N–H and O–H groups in total. The van der Waals surface area contributed by atoms with Crippen molar-refractivity contribution in [3.8, 4) is 0 Å². The molecule has 0 aromatic heterocycles. The van der Waals surface area contributed by atoms with Crippen molar-refractivity contribution in [2.24, 2.45) is 11.1 Å². The fourth-order valence-electron chi connectivity index (χ4n) is 2.87. The molecule has 2 rings (SSSR count). The van der Waals surface area contributed by atoms with Crippen LogP contribution >= 0.6 is 15.9 Å². The molecule has 1 aliphatic carbocycles. The molecule has 1 saturated carbocycles. The number of hydrogen-bond donors (Lipinski definition) is 2. The molecule has 0 spiro atoms. The summed E-state index contributed by atoms with van der Waals surface area (Å²) in [6, 6.07) is 7.53. The highest BCUT2D eigenvalue weighted by Crippen LogP contribution is 2.62. The summed E-state index contributed by atoms with van der Waals surface area (Å²) in [6.45, 7) is 1.60. The third-order valence-corrected chi connectivity index (χ3v) is 6.92. The van der Waals surface area contributed by atoms with Crippen LogP contribution in [0, 0.1) is 5.41 Å². The Morgan fingerprint density at radius 3 is 2.37 bits per heavy atom. The fraction of sp³-hybridized carbons (Fsp3) is 0.538. The number of rotatable bonds is 5. The van der Waals surface area contributed by atoms with Gasteiger partial charge in [0.1, 0.15) is 0 Å². The zero-order chi connectivity index (χ0) is 14.3. The predicted molar refractivity (Wildman–Crippen MR) is 78.7 cm³/mol. The molecule has 0 bridgehead atoms. The molecular weight excluding hydrogens is 330 g/mol. The molecular formula is C13H18BrNO3S. The Hall–Kier alpha value is -0.430. The van der Waals surface area contributed by atoms with Crippen LogP contribution in [0.25, 0.3) is 0 Å². The second-order valence-electron chi connectivity index (χ2n) is 5.00. The van der Waals surface area contributed by atoms with E-state index in [9.17, 15) is 13.5 Å². The largest absolute Gasteiger partial charge is 0.396 e. The van der Waals surface area contributed by atoms with Crippen LogP contribution in [0.4, 0.5) is 0 Å². The number of aliphatic hydroxyl groups excluding tert-OH is 1. The molecule has 4 nitrogen and oxygen atoms in total. The lowest BCUT2D eigenvalue weighted by Crippen LogP contribution is -2.28. The molecule has 1 aromatic carbocycles. The minimum Gasteiger partial charge on any atom is -0.396 e. The van der Waals surface area contributed by atoms with Gasteiger partial charge in [-0.2, -0.15) is 0 Å². The maximum Gasteiger partial charge on any atom is 0.154 e. The minimum absolute atomic E-state index is 0.0758. The lowest BCUT2D eigenvalue weighted by atomic mass is 10.0. The van der Waals surface area contributed by atoms with Gasteiger partial charge in [0.2, 0.25) is 0 Å². The van der Waals surface area contributed by atoms with E-state index in [2.05, 4.69) is 15.9 Å². The van der Waals surface area contributed by atoms with Gasteiger partial charge >= 0.3 is 0 Å². The van der Waals surface area contributed by atoms with Crippen molar-refractivity contribution in [3.63, 3.8) is 0 Å². The van der Waals surface area contributed by atoms with Crippen LogP contribution < -0.4 is 5.73 Å². The van der Waals surface area contributed by atoms with Crippen molar-refractivity contribution in [3.05, 3.63) is 34.3 Å². The lowest BCUT2D eigenvalue weighted by molar-refractivity contribution is 0.212. The number of nitrogens with two attached hydrogens (primary N) is 1. The summed E-state index contributed by atoms with van der Waals surface area (Å²) in [6.07, 6.45) is 0. The summed E-state index contributed by atoms with van der Waals surface area (Å²) in [7, 11) is -3.22. The summed E-state index contributed by atoms with van der Waals surface area (Å²) in [4.78, 5) is 0. The maximum absolute atomic E-state index is 12.2. The van der Waals surface area contributed by atoms with Crippen molar-refractivity contribution < 1.29 is 13.5 Å². The van der Waals surface area contributed by atoms with Gasteiger partial charge in [0.05, 0.1) is 11.9 Å². The highest BCUT2D eigenvalue weighted by Gasteiger charge is 2.69. The summed E-state index contributed by atoms with van der Waals surface area (Å²) in [5.74, 6) is -0.132. The Morgan fingerprint density at radius 2 is 1.95 bits per heavy atom. The van der Waals surface area contributed by atoms with E-state index in [0.29, 0.717) is 0 Å². The molecule has 0 radical (unpaired) electrons. The molecule has 0 heterocycles. The van der Waals surface area contributed by atoms with Crippen molar-refractivity contribution >= 4 is 25.8 Å².